The standard InChI is InChI=1S/C13H11N3O/c17-13-9-3-1-2-4-11(9)16-12(14-13)7-10(15-16)8-5-6-8/h1-4,7-8H,5-6H2,(H,14,17). The number of nitrogens with one attached hydrogen (secondary N) is 1. The minimum absolute atomic E-state index is 0.0460. The molecule has 0 bridgehead atoms. The minimum Gasteiger partial charge on any atom is -0.306 e. The van der Waals surface area contributed by atoms with Gasteiger partial charge in [0.05, 0.1) is 16.6 Å². The molecule has 3 aromatic rings. The van der Waals surface area contributed by atoms with E-state index in [0.29, 0.717) is 11.3 Å². The Morgan fingerprint density at radius 1 is 1.29 bits per heavy atom. The van der Waals surface area contributed by atoms with E-state index in [2.05, 4.69) is 10.1 Å². The van der Waals surface area contributed by atoms with E-state index in [0.717, 1.165) is 16.9 Å². The molecule has 0 aliphatic heterocycles. The normalized spacial score (nSPS) is 15.8. The Kier molecular flexibility index (Phi) is 1.57. The fraction of sp³-hybridized carbons (Fsp3) is 0.231. The van der Waals surface area contributed by atoms with Crippen LogP contribution in [-0.4, -0.2) is 14.6 Å². The van der Waals surface area contributed by atoms with Crippen LogP contribution in [0.2, 0.25) is 0 Å². The van der Waals surface area contributed by atoms with Crippen LogP contribution in [0.1, 0.15) is 24.5 Å². The first-order valence-electron chi connectivity index (χ1n) is 5.83. The third-order valence-corrected chi connectivity index (χ3v) is 3.34. The van der Waals surface area contributed by atoms with Crippen molar-refractivity contribution in [3.8, 4) is 0 Å². The maximum Gasteiger partial charge on any atom is 0.259 e. The number of aromatic amines is 1. The molecule has 17 heavy (non-hydrogen) atoms. The maximum atomic E-state index is 11.9. The van der Waals surface area contributed by atoms with E-state index in [1.165, 1.54) is 12.8 Å². The van der Waals surface area contributed by atoms with Crippen LogP contribution in [0.25, 0.3) is 16.6 Å². The summed E-state index contributed by atoms with van der Waals surface area (Å²) < 4.78 is 1.84. The first-order chi connectivity index (χ1) is 8.33. The van der Waals surface area contributed by atoms with Gasteiger partial charge in [0.2, 0.25) is 0 Å². The summed E-state index contributed by atoms with van der Waals surface area (Å²) >= 11 is 0. The molecule has 1 N–H and O–H groups in total. The lowest BCUT2D eigenvalue weighted by atomic mass is 10.2. The highest BCUT2D eigenvalue weighted by molar-refractivity contribution is 5.80. The van der Waals surface area contributed by atoms with Gasteiger partial charge in [-0.1, -0.05) is 12.1 Å². The number of hydrogen-bond donors (Lipinski definition) is 1. The number of aromatic nitrogens is 3. The molecule has 0 atom stereocenters. The third-order valence-electron chi connectivity index (χ3n) is 3.34. The summed E-state index contributed by atoms with van der Waals surface area (Å²) in [7, 11) is 0. The molecule has 4 nitrogen and oxygen atoms in total. The number of para-hydroxylation sites is 1. The molecule has 1 aromatic carbocycles. The van der Waals surface area contributed by atoms with Gasteiger partial charge >= 0.3 is 0 Å². The Labute approximate surface area is 96.9 Å². The highest BCUT2D eigenvalue weighted by Crippen LogP contribution is 2.39. The molecule has 2 aromatic heterocycles. The lowest BCUT2D eigenvalue weighted by molar-refractivity contribution is 0.907. The van der Waals surface area contributed by atoms with Gasteiger partial charge in [-0.15, -0.1) is 0 Å². The number of H-pyrrole nitrogens is 1. The number of rotatable bonds is 1. The summed E-state index contributed by atoms with van der Waals surface area (Å²) in [6, 6.07) is 9.55. The largest absolute Gasteiger partial charge is 0.306 e. The number of nitrogens with zero attached hydrogens (tertiary/aromatic N) is 2. The molecule has 2 heterocycles. The predicted molar refractivity (Wildman–Crippen MR) is 65.3 cm³/mol. The molecular formula is C13H11N3O. The van der Waals surface area contributed by atoms with Crippen LogP contribution in [0.3, 0.4) is 0 Å². The quantitative estimate of drug-likeness (QED) is 0.689. The van der Waals surface area contributed by atoms with Gasteiger partial charge in [-0.25, -0.2) is 4.52 Å². The lowest BCUT2D eigenvalue weighted by Crippen LogP contribution is -2.09. The van der Waals surface area contributed by atoms with Crippen LogP contribution in [0.5, 0.6) is 0 Å². The fourth-order valence-corrected chi connectivity index (χ4v) is 2.28. The van der Waals surface area contributed by atoms with Crippen molar-refractivity contribution in [3.05, 3.63) is 46.4 Å². The van der Waals surface area contributed by atoms with Crippen molar-refractivity contribution < 1.29 is 0 Å². The fourth-order valence-electron chi connectivity index (χ4n) is 2.28. The summed E-state index contributed by atoms with van der Waals surface area (Å²) in [4.78, 5) is 14.8. The molecule has 84 valence electrons. The molecule has 1 fully saturated rings. The first kappa shape index (κ1) is 8.98. The van der Waals surface area contributed by atoms with Crippen LogP contribution in [0, 0.1) is 0 Å². The van der Waals surface area contributed by atoms with Gasteiger partial charge in [-0.2, -0.15) is 5.10 Å². The molecule has 1 aliphatic rings. The second-order valence-corrected chi connectivity index (χ2v) is 4.61. The van der Waals surface area contributed by atoms with E-state index in [4.69, 9.17) is 0 Å². The predicted octanol–water partition coefficient (Wildman–Crippen LogP) is 2.05. The Hall–Kier alpha value is -2.10. The zero-order valence-electron chi connectivity index (χ0n) is 9.18. The maximum absolute atomic E-state index is 11.9. The van der Waals surface area contributed by atoms with Crippen LogP contribution in [-0.2, 0) is 0 Å². The Morgan fingerprint density at radius 2 is 2.12 bits per heavy atom. The Morgan fingerprint density at radius 3 is 2.94 bits per heavy atom. The second kappa shape index (κ2) is 2.97. The summed E-state index contributed by atoms with van der Waals surface area (Å²) in [5.74, 6) is 0.595. The van der Waals surface area contributed by atoms with Crippen molar-refractivity contribution in [1.82, 2.24) is 14.6 Å². The Bertz CT molecular complexity index is 780. The zero-order valence-corrected chi connectivity index (χ0v) is 9.18. The van der Waals surface area contributed by atoms with Gasteiger partial charge < -0.3 is 4.98 Å². The third kappa shape index (κ3) is 1.24. The van der Waals surface area contributed by atoms with E-state index >= 15 is 0 Å². The van der Waals surface area contributed by atoms with Gasteiger partial charge in [0.1, 0.15) is 5.65 Å². The van der Waals surface area contributed by atoms with E-state index in [1.807, 2.05) is 34.8 Å². The van der Waals surface area contributed by atoms with E-state index in [-0.39, 0.29) is 5.56 Å². The molecule has 1 aliphatic carbocycles. The van der Waals surface area contributed by atoms with E-state index < -0.39 is 0 Å². The van der Waals surface area contributed by atoms with Crippen LogP contribution in [0.15, 0.2) is 35.1 Å². The minimum atomic E-state index is -0.0460. The number of hydrogen-bond acceptors (Lipinski definition) is 2. The van der Waals surface area contributed by atoms with Crippen molar-refractivity contribution in [1.29, 1.82) is 0 Å². The molecule has 0 amide bonds. The SMILES string of the molecule is O=c1[nH]c2cc(C3CC3)nn2c2ccccc12. The topological polar surface area (TPSA) is 50.2 Å². The molecule has 0 unspecified atom stereocenters. The summed E-state index contributed by atoms with van der Waals surface area (Å²) in [6.07, 6.45) is 2.43. The first-order valence-corrected chi connectivity index (χ1v) is 5.83. The van der Waals surface area contributed by atoms with Crippen LogP contribution < -0.4 is 5.56 Å². The highest BCUT2D eigenvalue weighted by Gasteiger charge is 2.26. The van der Waals surface area contributed by atoms with Gasteiger partial charge in [0.15, 0.2) is 0 Å². The van der Waals surface area contributed by atoms with Crippen molar-refractivity contribution in [2.24, 2.45) is 0 Å². The van der Waals surface area contributed by atoms with Gasteiger partial charge in [-0.05, 0) is 25.0 Å². The molecule has 1 saturated carbocycles. The average Bonchev–Trinajstić information content (AvgIpc) is 3.11. The smallest absolute Gasteiger partial charge is 0.259 e. The van der Waals surface area contributed by atoms with Crippen molar-refractivity contribution in [3.63, 3.8) is 0 Å². The van der Waals surface area contributed by atoms with E-state index in [1.54, 1.807) is 0 Å². The monoisotopic (exact) mass is 225 g/mol. The van der Waals surface area contributed by atoms with Gasteiger partial charge in [0.25, 0.3) is 5.56 Å². The second-order valence-electron chi connectivity index (χ2n) is 4.61. The Balaban J connectivity index is 2.18. The van der Waals surface area contributed by atoms with Crippen molar-refractivity contribution >= 4 is 16.6 Å². The number of fused-ring (bicyclic) bond motifs is 3. The average molecular weight is 225 g/mol. The van der Waals surface area contributed by atoms with Gasteiger partial charge in [0, 0.05) is 12.0 Å². The molecule has 0 saturated heterocycles. The lowest BCUT2D eigenvalue weighted by Gasteiger charge is -1.99. The molecule has 4 rings (SSSR count). The zero-order chi connectivity index (χ0) is 11.4. The highest BCUT2D eigenvalue weighted by atomic mass is 16.1. The molecule has 0 radical (unpaired) electrons. The number of benzene rings is 1. The van der Waals surface area contributed by atoms with E-state index in [9.17, 15) is 4.79 Å². The molecule has 4 heteroatoms. The van der Waals surface area contributed by atoms with Gasteiger partial charge in [-0.3, -0.25) is 4.79 Å². The van der Waals surface area contributed by atoms with Crippen molar-refractivity contribution in [2.45, 2.75) is 18.8 Å². The van der Waals surface area contributed by atoms with Crippen LogP contribution in [0.4, 0.5) is 0 Å². The van der Waals surface area contributed by atoms with Crippen molar-refractivity contribution in [2.75, 3.05) is 0 Å². The molecular weight excluding hydrogens is 214 g/mol. The summed E-state index contributed by atoms with van der Waals surface area (Å²) in [5.41, 5.74) is 2.71. The summed E-state index contributed by atoms with van der Waals surface area (Å²) in [5, 5.41) is 5.28. The van der Waals surface area contributed by atoms with Crippen LogP contribution >= 0.6 is 0 Å². The summed E-state index contributed by atoms with van der Waals surface area (Å²) in [6.45, 7) is 0. The molecule has 0 spiro atoms.